The summed E-state index contributed by atoms with van der Waals surface area (Å²) in [7, 11) is 2.04. The van der Waals surface area contributed by atoms with Gasteiger partial charge in [-0.25, -0.2) is 14.8 Å². The molecule has 8 nitrogen and oxygen atoms in total. The van der Waals surface area contributed by atoms with Crippen molar-refractivity contribution in [2.75, 3.05) is 32.0 Å². The first-order valence-corrected chi connectivity index (χ1v) is 13.4. The number of rotatable bonds is 6. The Labute approximate surface area is 226 Å². The van der Waals surface area contributed by atoms with Crippen LogP contribution < -0.4 is 16.1 Å². The molecule has 39 heavy (non-hydrogen) atoms. The average Bonchev–Trinajstić information content (AvgIpc) is 3.39. The summed E-state index contributed by atoms with van der Waals surface area (Å²) in [4.78, 5) is 35.7. The van der Waals surface area contributed by atoms with Gasteiger partial charge in [-0.2, -0.15) is 13.2 Å². The third-order valence-electron chi connectivity index (χ3n) is 6.67. The molecule has 0 unspecified atom stereocenters. The molecule has 2 N–H and O–H groups in total. The molecular formula is C27H27F3N6O2S. The Balaban J connectivity index is 1.62. The van der Waals surface area contributed by atoms with Crippen LogP contribution in [0.3, 0.4) is 0 Å². The van der Waals surface area contributed by atoms with E-state index in [1.54, 1.807) is 13.0 Å². The monoisotopic (exact) mass is 556 g/mol. The molecule has 4 aromatic rings. The quantitative estimate of drug-likeness (QED) is 0.326. The number of likely N-dealkylation sites (N-methyl/N-ethyl adjacent to an activating group) is 1. The Hall–Kier alpha value is -3.77. The van der Waals surface area contributed by atoms with E-state index in [4.69, 9.17) is 0 Å². The number of fused-ring (bicyclic) bond motifs is 1. The highest BCUT2D eigenvalue weighted by Gasteiger charge is 2.34. The summed E-state index contributed by atoms with van der Waals surface area (Å²) in [6.07, 6.45) is -0.488. The fourth-order valence-corrected chi connectivity index (χ4v) is 5.52. The number of anilines is 1. The number of carbonyl (C=O) groups excluding carboxylic acids is 1. The molecule has 0 atom stereocenters. The number of alkyl halides is 3. The molecule has 3 aromatic heterocycles. The molecule has 1 aromatic carbocycles. The van der Waals surface area contributed by atoms with E-state index < -0.39 is 17.9 Å². The minimum atomic E-state index is -4.59. The third-order valence-corrected chi connectivity index (χ3v) is 7.54. The van der Waals surface area contributed by atoms with Gasteiger partial charge in [0.25, 0.3) is 0 Å². The van der Waals surface area contributed by atoms with Gasteiger partial charge < -0.3 is 14.8 Å². The minimum absolute atomic E-state index is 0.107. The van der Waals surface area contributed by atoms with Gasteiger partial charge in [0.05, 0.1) is 11.6 Å². The average molecular weight is 557 g/mol. The molecule has 0 aliphatic carbocycles. The fraction of sp³-hybridized carbons (Fsp3) is 0.333. The van der Waals surface area contributed by atoms with Crippen molar-refractivity contribution in [3.05, 3.63) is 63.5 Å². The zero-order chi connectivity index (χ0) is 27.9. The zero-order valence-electron chi connectivity index (χ0n) is 21.6. The predicted molar refractivity (Wildman–Crippen MR) is 146 cm³/mol. The van der Waals surface area contributed by atoms with E-state index in [1.165, 1.54) is 12.3 Å². The maximum absolute atomic E-state index is 13.4. The first-order valence-electron chi connectivity index (χ1n) is 12.5. The molecule has 2 amide bonds. The van der Waals surface area contributed by atoms with Gasteiger partial charge in [0.15, 0.2) is 11.1 Å². The highest BCUT2D eigenvalue weighted by atomic mass is 32.1. The molecule has 1 fully saturated rings. The number of nitrogens with one attached hydrogen (secondary N) is 2. The Kier molecular flexibility index (Phi) is 7.17. The zero-order valence-corrected chi connectivity index (χ0v) is 22.4. The number of nitrogens with zero attached hydrogens (tertiary/aromatic N) is 4. The van der Waals surface area contributed by atoms with Crippen LogP contribution in [0.1, 0.15) is 30.6 Å². The topological polar surface area (TPSA) is 92.2 Å². The summed E-state index contributed by atoms with van der Waals surface area (Å²) in [5.74, 6) is 0.166. The molecule has 5 rings (SSSR count). The van der Waals surface area contributed by atoms with Gasteiger partial charge in [-0.1, -0.05) is 13.0 Å². The van der Waals surface area contributed by atoms with E-state index in [2.05, 4.69) is 30.1 Å². The van der Waals surface area contributed by atoms with Crippen LogP contribution in [0.25, 0.3) is 32.6 Å². The number of likely N-dealkylation sites (tertiary alicyclic amines) is 1. The van der Waals surface area contributed by atoms with Crippen molar-refractivity contribution in [3.8, 4) is 21.7 Å². The fourth-order valence-electron chi connectivity index (χ4n) is 4.66. The second-order valence-corrected chi connectivity index (χ2v) is 10.5. The van der Waals surface area contributed by atoms with E-state index in [9.17, 15) is 22.8 Å². The largest absolute Gasteiger partial charge is 0.434 e. The van der Waals surface area contributed by atoms with E-state index in [-0.39, 0.29) is 22.3 Å². The van der Waals surface area contributed by atoms with Crippen molar-refractivity contribution in [1.29, 1.82) is 0 Å². The van der Waals surface area contributed by atoms with Gasteiger partial charge >= 0.3 is 12.2 Å². The molecule has 204 valence electrons. The Bertz CT molecular complexity index is 1610. The van der Waals surface area contributed by atoms with Crippen LogP contribution >= 0.6 is 11.3 Å². The molecule has 0 saturated carbocycles. The summed E-state index contributed by atoms with van der Waals surface area (Å²) in [5, 5.41) is 6.89. The van der Waals surface area contributed by atoms with Crippen LogP contribution in [-0.2, 0) is 6.18 Å². The molecule has 1 saturated heterocycles. The lowest BCUT2D eigenvalue weighted by Gasteiger charge is -2.38. The number of aryl methyl sites for hydroxylation is 1. The first-order chi connectivity index (χ1) is 18.5. The lowest BCUT2D eigenvalue weighted by Crippen LogP contribution is -2.45. The predicted octanol–water partition coefficient (Wildman–Crippen LogP) is 5.53. The molecule has 4 heterocycles. The number of urea groups is 1. The van der Waals surface area contributed by atoms with Crippen LogP contribution in [0.5, 0.6) is 0 Å². The third kappa shape index (κ3) is 5.39. The number of aromatic nitrogens is 3. The number of amides is 2. The molecular weight excluding hydrogens is 529 g/mol. The Morgan fingerprint density at radius 3 is 2.64 bits per heavy atom. The van der Waals surface area contributed by atoms with E-state index in [0.29, 0.717) is 34.2 Å². The smallest absolute Gasteiger partial charge is 0.341 e. The van der Waals surface area contributed by atoms with Crippen molar-refractivity contribution in [1.82, 2.24) is 24.8 Å². The second-order valence-electron chi connectivity index (χ2n) is 9.69. The van der Waals surface area contributed by atoms with Crippen molar-refractivity contribution >= 4 is 34.1 Å². The van der Waals surface area contributed by atoms with Gasteiger partial charge in [0.1, 0.15) is 10.8 Å². The number of hydrogen-bond acceptors (Lipinski definition) is 6. The van der Waals surface area contributed by atoms with Gasteiger partial charge in [-0.15, -0.1) is 11.3 Å². The lowest BCUT2D eigenvalue weighted by molar-refractivity contribution is -0.140. The minimum Gasteiger partial charge on any atom is -0.341 e. The summed E-state index contributed by atoms with van der Waals surface area (Å²) < 4.78 is 42.2. The van der Waals surface area contributed by atoms with Crippen LogP contribution in [0.2, 0.25) is 0 Å². The normalized spacial score (nSPS) is 14.4. The number of pyridine rings is 2. The van der Waals surface area contributed by atoms with Crippen molar-refractivity contribution < 1.29 is 18.0 Å². The molecule has 1 aliphatic rings. The highest BCUT2D eigenvalue weighted by molar-refractivity contribution is 7.13. The molecule has 1 aliphatic heterocycles. The van der Waals surface area contributed by atoms with Crippen LogP contribution in [0.15, 0.2) is 46.8 Å². The van der Waals surface area contributed by atoms with Crippen LogP contribution in [-0.4, -0.2) is 52.1 Å². The van der Waals surface area contributed by atoms with E-state index in [0.717, 1.165) is 41.7 Å². The SMILES string of the molecule is CCCNC(=O)Nc1cc(-c2nc(C(F)(F)F)cs2)c(-c2ccc3c(c2)c(=O)c(C)cn3C2CN(C)C2)cn1. The maximum atomic E-state index is 13.4. The number of thiazole rings is 1. The van der Waals surface area contributed by atoms with Gasteiger partial charge in [-0.05, 0) is 44.2 Å². The van der Waals surface area contributed by atoms with Gasteiger partial charge in [0, 0.05) is 59.5 Å². The maximum Gasteiger partial charge on any atom is 0.434 e. The number of halogens is 3. The Morgan fingerprint density at radius 1 is 1.21 bits per heavy atom. The van der Waals surface area contributed by atoms with Crippen molar-refractivity contribution in [2.24, 2.45) is 0 Å². The summed E-state index contributed by atoms with van der Waals surface area (Å²) in [6, 6.07) is 6.73. The summed E-state index contributed by atoms with van der Waals surface area (Å²) >= 11 is 0.848. The molecule has 0 spiro atoms. The lowest BCUT2D eigenvalue weighted by atomic mass is 9.98. The molecule has 0 radical (unpaired) electrons. The highest BCUT2D eigenvalue weighted by Crippen LogP contribution is 2.39. The number of carbonyl (C=O) groups is 1. The van der Waals surface area contributed by atoms with Crippen LogP contribution in [0.4, 0.5) is 23.8 Å². The standard InChI is InChI=1S/C27H27F3N6O2S/c1-4-7-31-26(38)34-23-9-18(25-33-22(14-39-25)27(28,29)30)20(10-32-23)16-5-6-21-19(8-16)24(37)15(2)11-36(21)17-12-35(3)13-17/h5-6,8-11,14,17H,4,7,12-13H2,1-3H3,(H2,31,32,34,38). The number of benzene rings is 1. The van der Waals surface area contributed by atoms with Gasteiger partial charge in [-0.3, -0.25) is 10.1 Å². The van der Waals surface area contributed by atoms with E-state index in [1.807, 2.05) is 32.3 Å². The summed E-state index contributed by atoms with van der Waals surface area (Å²) in [6.45, 7) is 5.90. The van der Waals surface area contributed by atoms with Crippen LogP contribution in [0, 0.1) is 6.92 Å². The van der Waals surface area contributed by atoms with Crippen molar-refractivity contribution in [3.63, 3.8) is 0 Å². The summed E-state index contributed by atoms with van der Waals surface area (Å²) in [5.41, 5.74) is 1.77. The molecule has 12 heteroatoms. The van der Waals surface area contributed by atoms with Crippen molar-refractivity contribution in [2.45, 2.75) is 32.5 Å². The second kappa shape index (κ2) is 10.4. The first kappa shape index (κ1) is 26.8. The van der Waals surface area contributed by atoms with E-state index >= 15 is 0 Å². The Morgan fingerprint density at radius 2 is 1.97 bits per heavy atom. The van der Waals surface area contributed by atoms with Gasteiger partial charge in [0.2, 0.25) is 0 Å². The number of hydrogen-bond donors (Lipinski definition) is 2. The molecule has 0 bridgehead atoms.